The Morgan fingerprint density at radius 2 is 2.17 bits per heavy atom. The highest BCUT2D eigenvalue weighted by molar-refractivity contribution is 5.46. The summed E-state index contributed by atoms with van der Waals surface area (Å²) in [6.07, 6.45) is 3.98. The maximum Gasteiger partial charge on any atom is 0.125 e. The number of nitrogens with one attached hydrogen (secondary N) is 1. The quantitative estimate of drug-likeness (QED) is 0.884. The van der Waals surface area contributed by atoms with E-state index in [9.17, 15) is 4.39 Å². The fourth-order valence-electron chi connectivity index (χ4n) is 3.38. The summed E-state index contributed by atoms with van der Waals surface area (Å²) in [6, 6.07) is 6.90. The van der Waals surface area contributed by atoms with Crippen LogP contribution in [-0.4, -0.2) is 26.7 Å². The molecule has 3 heteroatoms. The van der Waals surface area contributed by atoms with E-state index in [4.69, 9.17) is 0 Å². The molecule has 18 heavy (non-hydrogen) atoms. The molecule has 1 aromatic rings. The van der Waals surface area contributed by atoms with Crippen molar-refractivity contribution in [1.82, 2.24) is 5.32 Å². The van der Waals surface area contributed by atoms with Crippen LogP contribution in [0.4, 0.5) is 10.1 Å². The third kappa shape index (κ3) is 2.24. The first-order chi connectivity index (χ1) is 8.70. The molecule has 0 aromatic heterocycles. The van der Waals surface area contributed by atoms with Gasteiger partial charge in [-0.2, -0.15) is 0 Å². The first kappa shape index (κ1) is 12.0. The van der Waals surface area contributed by atoms with E-state index in [1.807, 2.05) is 6.07 Å². The molecule has 98 valence electrons. The normalized spacial score (nSPS) is 25.1. The van der Waals surface area contributed by atoms with Crippen molar-refractivity contribution >= 4 is 5.69 Å². The zero-order valence-corrected chi connectivity index (χ0v) is 11.0. The molecule has 2 fully saturated rings. The van der Waals surface area contributed by atoms with Crippen molar-refractivity contribution < 1.29 is 4.39 Å². The van der Waals surface area contributed by atoms with Crippen molar-refractivity contribution in [3.05, 3.63) is 30.1 Å². The maximum absolute atomic E-state index is 13.2. The van der Waals surface area contributed by atoms with Gasteiger partial charge in [-0.1, -0.05) is 6.07 Å². The fourth-order valence-corrected chi connectivity index (χ4v) is 3.38. The first-order valence-electron chi connectivity index (χ1n) is 6.87. The molecule has 1 aliphatic heterocycles. The van der Waals surface area contributed by atoms with Gasteiger partial charge in [-0.3, -0.25) is 0 Å². The van der Waals surface area contributed by atoms with Crippen LogP contribution in [-0.2, 0) is 0 Å². The van der Waals surface area contributed by atoms with Crippen LogP contribution in [0.2, 0.25) is 0 Å². The Kier molecular flexibility index (Phi) is 3.02. The van der Waals surface area contributed by atoms with Gasteiger partial charge >= 0.3 is 0 Å². The summed E-state index contributed by atoms with van der Waals surface area (Å²) < 4.78 is 13.2. The van der Waals surface area contributed by atoms with Gasteiger partial charge in [-0.15, -0.1) is 0 Å². The van der Waals surface area contributed by atoms with Crippen molar-refractivity contribution in [2.45, 2.75) is 19.3 Å². The van der Waals surface area contributed by atoms with Crippen LogP contribution < -0.4 is 10.2 Å². The Bertz CT molecular complexity index is 426. The van der Waals surface area contributed by atoms with E-state index < -0.39 is 0 Å². The molecule has 1 N–H and O–H groups in total. The van der Waals surface area contributed by atoms with Crippen molar-refractivity contribution in [1.29, 1.82) is 0 Å². The minimum atomic E-state index is -0.147. The van der Waals surface area contributed by atoms with Crippen LogP contribution in [0.1, 0.15) is 19.3 Å². The van der Waals surface area contributed by atoms with Crippen LogP contribution in [0.3, 0.4) is 0 Å². The van der Waals surface area contributed by atoms with Gasteiger partial charge in [-0.25, -0.2) is 4.39 Å². The molecule has 0 radical (unpaired) electrons. The van der Waals surface area contributed by atoms with Crippen molar-refractivity contribution in [3.63, 3.8) is 0 Å². The Hall–Kier alpha value is -1.09. The second-order valence-electron chi connectivity index (χ2n) is 5.87. The summed E-state index contributed by atoms with van der Waals surface area (Å²) >= 11 is 0. The molecule has 1 aliphatic carbocycles. The zero-order chi connectivity index (χ0) is 12.6. The number of rotatable bonds is 3. The zero-order valence-electron chi connectivity index (χ0n) is 11.0. The topological polar surface area (TPSA) is 15.3 Å². The van der Waals surface area contributed by atoms with E-state index in [-0.39, 0.29) is 5.82 Å². The van der Waals surface area contributed by atoms with Gasteiger partial charge in [0, 0.05) is 19.3 Å². The van der Waals surface area contributed by atoms with Crippen LogP contribution >= 0.6 is 0 Å². The molecule has 1 aromatic carbocycles. The number of hydrogen-bond acceptors (Lipinski definition) is 2. The smallest absolute Gasteiger partial charge is 0.125 e. The number of nitrogens with zero attached hydrogens (tertiary/aromatic N) is 1. The van der Waals surface area contributed by atoms with Crippen LogP contribution in [0.25, 0.3) is 0 Å². The van der Waals surface area contributed by atoms with Gasteiger partial charge in [0.05, 0.1) is 0 Å². The van der Waals surface area contributed by atoms with Gasteiger partial charge in [-0.05, 0) is 61.9 Å². The monoisotopic (exact) mass is 248 g/mol. The summed E-state index contributed by atoms with van der Waals surface area (Å²) in [4.78, 5) is 2.20. The molecule has 1 saturated heterocycles. The molecule has 1 saturated carbocycles. The summed E-state index contributed by atoms with van der Waals surface area (Å²) in [5.41, 5.74) is 1.60. The molecule has 2 nitrogen and oxygen atoms in total. The molecule has 1 spiro atoms. The average Bonchev–Trinajstić information content (AvgIpc) is 3.02. The maximum atomic E-state index is 13.2. The van der Waals surface area contributed by atoms with Crippen molar-refractivity contribution in [3.8, 4) is 0 Å². The molecule has 3 rings (SSSR count). The number of halogens is 1. The molecule has 1 heterocycles. The minimum Gasteiger partial charge on any atom is -0.374 e. The lowest BCUT2D eigenvalue weighted by molar-refractivity contribution is 0.324. The SMILES string of the molecule is CN(CC1CC12CCNCC2)c1cccc(F)c1. The van der Waals surface area contributed by atoms with Crippen LogP contribution in [0, 0.1) is 17.2 Å². The predicted molar refractivity (Wildman–Crippen MR) is 72.3 cm³/mol. The number of anilines is 1. The van der Waals surface area contributed by atoms with Gasteiger partial charge in [0.2, 0.25) is 0 Å². The lowest BCUT2D eigenvalue weighted by Gasteiger charge is -2.26. The van der Waals surface area contributed by atoms with E-state index >= 15 is 0 Å². The van der Waals surface area contributed by atoms with Gasteiger partial charge < -0.3 is 10.2 Å². The summed E-state index contributed by atoms with van der Waals surface area (Å²) in [7, 11) is 2.07. The van der Waals surface area contributed by atoms with E-state index in [1.54, 1.807) is 12.1 Å². The third-order valence-electron chi connectivity index (χ3n) is 4.70. The molecular formula is C15H21FN2. The third-order valence-corrected chi connectivity index (χ3v) is 4.70. The molecule has 2 aliphatic rings. The van der Waals surface area contributed by atoms with Crippen LogP contribution in [0.15, 0.2) is 24.3 Å². The second kappa shape index (κ2) is 4.54. The summed E-state index contributed by atoms with van der Waals surface area (Å²) in [6.45, 7) is 3.39. The fraction of sp³-hybridized carbons (Fsp3) is 0.600. The van der Waals surface area contributed by atoms with E-state index in [0.29, 0.717) is 5.41 Å². The second-order valence-corrected chi connectivity index (χ2v) is 5.87. The standard InChI is InChI=1S/C15H21FN2/c1-18(14-4-2-3-13(16)9-14)11-12-10-15(12)5-7-17-8-6-15/h2-4,9,12,17H,5-8,10-11H2,1H3. The van der Waals surface area contributed by atoms with Crippen molar-refractivity contribution in [2.24, 2.45) is 11.3 Å². The van der Waals surface area contributed by atoms with Gasteiger partial charge in [0.25, 0.3) is 0 Å². The molecule has 1 atom stereocenters. The Balaban J connectivity index is 1.61. The van der Waals surface area contributed by atoms with E-state index in [1.165, 1.54) is 38.4 Å². The van der Waals surface area contributed by atoms with E-state index in [0.717, 1.165) is 18.2 Å². The predicted octanol–water partition coefficient (Wildman–Crippen LogP) is 2.65. The van der Waals surface area contributed by atoms with E-state index in [2.05, 4.69) is 17.3 Å². The van der Waals surface area contributed by atoms with Crippen LogP contribution in [0.5, 0.6) is 0 Å². The van der Waals surface area contributed by atoms with Gasteiger partial charge in [0.15, 0.2) is 0 Å². The molecule has 1 unspecified atom stereocenters. The average molecular weight is 248 g/mol. The molecule has 0 bridgehead atoms. The minimum absolute atomic E-state index is 0.147. The Morgan fingerprint density at radius 1 is 1.39 bits per heavy atom. The summed E-state index contributed by atoms with van der Waals surface area (Å²) in [5, 5.41) is 3.43. The highest BCUT2D eigenvalue weighted by Gasteiger charge is 2.53. The molecular weight excluding hydrogens is 227 g/mol. The van der Waals surface area contributed by atoms with Crippen molar-refractivity contribution in [2.75, 3.05) is 31.6 Å². The lowest BCUT2D eigenvalue weighted by Crippen LogP contribution is -2.31. The Labute approximate surface area is 108 Å². The lowest BCUT2D eigenvalue weighted by atomic mass is 9.92. The summed E-state index contributed by atoms with van der Waals surface area (Å²) in [5.74, 6) is 0.652. The number of piperidine rings is 1. The highest BCUT2D eigenvalue weighted by Crippen LogP contribution is 2.58. The number of benzene rings is 1. The number of hydrogen-bond donors (Lipinski definition) is 1. The molecule has 0 amide bonds. The highest BCUT2D eigenvalue weighted by atomic mass is 19.1. The Morgan fingerprint density at radius 3 is 2.89 bits per heavy atom. The first-order valence-corrected chi connectivity index (χ1v) is 6.87. The van der Waals surface area contributed by atoms with Gasteiger partial charge in [0.1, 0.15) is 5.82 Å². The largest absolute Gasteiger partial charge is 0.374 e.